The molecule has 6 nitrogen and oxygen atoms in total. The number of carbonyl (C=O) groups is 3. The number of carboxylic acid groups (broad SMARTS) is 1. The quantitative estimate of drug-likeness (QED) is 0.512. The Balaban J connectivity index is 0. The van der Waals surface area contributed by atoms with Gasteiger partial charge in [0, 0.05) is 6.92 Å². The largest absolute Gasteiger partial charge is 0.481 e. The number of rotatable bonds is 2. The second-order valence-corrected chi connectivity index (χ2v) is 1.96. The van der Waals surface area contributed by atoms with E-state index in [9.17, 15) is 9.59 Å². The molecular formula is C8H14O6. The van der Waals surface area contributed by atoms with Gasteiger partial charge in [0.2, 0.25) is 0 Å². The van der Waals surface area contributed by atoms with Crippen molar-refractivity contribution in [1.29, 1.82) is 0 Å². The van der Waals surface area contributed by atoms with Crippen LogP contribution in [0.15, 0.2) is 0 Å². The number of aliphatic carboxylic acids is 1. The maximum Gasteiger partial charge on any atom is 0.417 e. The van der Waals surface area contributed by atoms with Gasteiger partial charge in [-0.2, -0.15) is 0 Å². The zero-order valence-corrected chi connectivity index (χ0v) is 8.40. The highest BCUT2D eigenvalue weighted by atomic mass is 16.6. The summed E-state index contributed by atoms with van der Waals surface area (Å²) < 4.78 is 8.69. The minimum absolute atomic E-state index is 0.192. The van der Waals surface area contributed by atoms with Gasteiger partial charge in [0.05, 0.1) is 13.2 Å². The molecule has 0 spiro atoms. The van der Waals surface area contributed by atoms with Gasteiger partial charge in [-0.3, -0.25) is 4.79 Å². The first kappa shape index (κ1) is 14.9. The molecule has 0 unspecified atom stereocenters. The second-order valence-electron chi connectivity index (χ2n) is 1.96. The Kier molecular flexibility index (Phi) is 10.1. The molecule has 0 saturated heterocycles. The molecule has 6 heteroatoms. The van der Waals surface area contributed by atoms with E-state index in [2.05, 4.69) is 9.47 Å². The van der Waals surface area contributed by atoms with Gasteiger partial charge in [-0.1, -0.05) is 0 Å². The van der Waals surface area contributed by atoms with Crippen LogP contribution in [-0.4, -0.2) is 36.2 Å². The summed E-state index contributed by atoms with van der Waals surface area (Å²) in [7, 11) is 0. The SMILES string of the molecule is CC(=O)O.CCOC(=O)C(=O)OCC. The van der Waals surface area contributed by atoms with Gasteiger partial charge in [0.15, 0.2) is 0 Å². The number of hydrogen-bond acceptors (Lipinski definition) is 5. The van der Waals surface area contributed by atoms with Gasteiger partial charge >= 0.3 is 11.9 Å². The van der Waals surface area contributed by atoms with Crippen LogP contribution in [0, 0.1) is 0 Å². The lowest BCUT2D eigenvalue weighted by atomic mass is 10.7. The summed E-state index contributed by atoms with van der Waals surface area (Å²) in [5, 5.41) is 7.42. The summed E-state index contributed by atoms with van der Waals surface area (Å²) >= 11 is 0. The molecule has 1 N–H and O–H groups in total. The standard InChI is InChI=1S/C6H10O4.C2H4O2/c1-3-9-5(7)6(8)10-4-2;1-2(3)4/h3-4H2,1-2H3;1H3,(H,3,4). The number of ether oxygens (including phenoxy) is 2. The van der Waals surface area contributed by atoms with Crippen molar-refractivity contribution in [2.45, 2.75) is 20.8 Å². The molecule has 0 aromatic carbocycles. The highest BCUT2D eigenvalue weighted by Gasteiger charge is 2.14. The van der Waals surface area contributed by atoms with Crippen LogP contribution >= 0.6 is 0 Å². The van der Waals surface area contributed by atoms with E-state index in [1.54, 1.807) is 13.8 Å². The molecule has 0 aliphatic heterocycles. The summed E-state index contributed by atoms with van der Waals surface area (Å²) in [6.07, 6.45) is 0. The minimum Gasteiger partial charge on any atom is -0.481 e. The zero-order valence-electron chi connectivity index (χ0n) is 8.40. The Morgan fingerprint density at radius 1 is 1.00 bits per heavy atom. The maximum absolute atomic E-state index is 10.4. The number of hydrogen-bond donors (Lipinski definition) is 1. The van der Waals surface area contributed by atoms with Crippen LogP contribution in [0.4, 0.5) is 0 Å². The second kappa shape index (κ2) is 9.50. The molecule has 0 radical (unpaired) electrons. The van der Waals surface area contributed by atoms with Gasteiger partial charge in [-0.15, -0.1) is 0 Å². The first-order valence-corrected chi connectivity index (χ1v) is 3.99. The van der Waals surface area contributed by atoms with Crippen molar-refractivity contribution < 1.29 is 29.0 Å². The van der Waals surface area contributed by atoms with Gasteiger partial charge < -0.3 is 14.6 Å². The molecule has 0 saturated carbocycles. The highest BCUT2D eigenvalue weighted by Crippen LogP contribution is 1.82. The molecule has 0 bridgehead atoms. The van der Waals surface area contributed by atoms with E-state index in [0.717, 1.165) is 6.92 Å². The third kappa shape index (κ3) is 13.0. The van der Waals surface area contributed by atoms with Crippen molar-refractivity contribution in [1.82, 2.24) is 0 Å². The van der Waals surface area contributed by atoms with Crippen molar-refractivity contribution >= 4 is 17.9 Å². The lowest BCUT2D eigenvalue weighted by molar-refractivity contribution is -0.167. The Morgan fingerprint density at radius 3 is 1.36 bits per heavy atom. The molecule has 0 aromatic heterocycles. The first-order valence-electron chi connectivity index (χ1n) is 3.99. The molecule has 14 heavy (non-hydrogen) atoms. The van der Waals surface area contributed by atoms with Gasteiger partial charge in [0.25, 0.3) is 5.97 Å². The van der Waals surface area contributed by atoms with Crippen LogP contribution in [0.2, 0.25) is 0 Å². The average molecular weight is 206 g/mol. The van der Waals surface area contributed by atoms with Gasteiger partial charge in [-0.25, -0.2) is 9.59 Å². The lowest BCUT2D eigenvalue weighted by Crippen LogP contribution is -2.19. The molecule has 0 fully saturated rings. The maximum atomic E-state index is 10.4. The Labute approximate surface area is 81.8 Å². The van der Waals surface area contributed by atoms with E-state index in [1.807, 2.05) is 0 Å². The van der Waals surface area contributed by atoms with Crippen LogP contribution in [0.1, 0.15) is 20.8 Å². The van der Waals surface area contributed by atoms with Crippen LogP contribution in [0.3, 0.4) is 0 Å². The van der Waals surface area contributed by atoms with E-state index >= 15 is 0 Å². The fraction of sp³-hybridized carbons (Fsp3) is 0.625. The summed E-state index contributed by atoms with van der Waals surface area (Å²) in [5.41, 5.74) is 0. The predicted molar refractivity (Wildman–Crippen MR) is 46.6 cm³/mol. The van der Waals surface area contributed by atoms with E-state index < -0.39 is 17.9 Å². The fourth-order valence-electron chi connectivity index (χ4n) is 0.380. The van der Waals surface area contributed by atoms with Crippen LogP contribution in [-0.2, 0) is 23.9 Å². The van der Waals surface area contributed by atoms with E-state index in [-0.39, 0.29) is 13.2 Å². The molecule has 0 amide bonds. The predicted octanol–water partition coefficient (Wildman–Crippen LogP) is 0.203. The van der Waals surface area contributed by atoms with Crippen LogP contribution < -0.4 is 0 Å². The third-order valence-corrected chi connectivity index (χ3v) is 0.718. The highest BCUT2D eigenvalue weighted by molar-refractivity contribution is 6.29. The topological polar surface area (TPSA) is 89.9 Å². The van der Waals surface area contributed by atoms with E-state index in [4.69, 9.17) is 9.90 Å². The molecule has 0 heterocycles. The molecule has 82 valence electrons. The van der Waals surface area contributed by atoms with Crippen molar-refractivity contribution in [2.75, 3.05) is 13.2 Å². The monoisotopic (exact) mass is 206 g/mol. The van der Waals surface area contributed by atoms with Gasteiger partial charge in [0.1, 0.15) is 0 Å². The molecule has 0 atom stereocenters. The lowest BCUT2D eigenvalue weighted by Gasteiger charge is -1.99. The first-order chi connectivity index (χ1) is 6.45. The molecular weight excluding hydrogens is 192 g/mol. The van der Waals surface area contributed by atoms with E-state index in [0.29, 0.717) is 0 Å². The molecule has 0 aliphatic rings. The fourth-order valence-corrected chi connectivity index (χ4v) is 0.380. The summed E-state index contributed by atoms with van der Waals surface area (Å²) in [6.45, 7) is 4.71. The minimum atomic E-state index is -0.927. The Hall–Kier alpha value is -1.59. The summed E-state index contributed by atoms with van der Waals surface area (Å²) in [5.74, 6) is -2.69. The van der Waals surface area contributed by atoms with Crippen molar-refractivity contribution in [3.63, 3.8) is 0 Å². The van der Waals surface area contributed by atoms with Crippen LogP contribution in [0.25, 0.3) is 0 Å². The smallest absolute Gasteiger partial charge is 0.417 e. The van der Waals surface area contributed by atoms with Crippen molar-refractivity contribution in [2.24, 2.45) is 0 Å². The number of carboxylic acids is 1. The van der Waals surface area contributed by atoms with Crippen molar-refractivity contribution in [3.8, 4) is 0 Å². The van der Waals surface area contributed by atoms with Crippen LogP contribution in [0.5, 0.6) is 0 Å². The van der Waals surface area contributed by atoms with Crippen molar-refractivity contribution in [3.05, 3.63) is 0 Å². The summed E-state index contributed by atoms with van der Waals surface area (Å²) in [6, 6.07) is 0. The Morgan fingerprint density at radius 2 is 1.21 bits per heavy atom. The Bertz CT molecular complexity index is 178. The number of carbonyl (C=O) groups excluding carboxylic acids is 2. The molecule has 0 rings (SSSR count). The number of esters is 2. The van der Waals surface area contributed by atoms with Gasteiger partial charge in [-0.05, 0) is 13.8 Å². The van der Waals surface area contributed by atoms with E-state index in [1.165, 1.54) is 0 Å². The molecule has 0 aliphatic carbocycles. The summed E-state index contributed by atoms with van der Waals surface area (Å²) in [4.78, 5) is 29.9. The zero-order chi connectivity index (χ0) is 11.6. The normalized spacial score (nSPS) is 7.93. The molecule has 0 aromatic rings. The average Bonchev–Trinajstić information content (AvgIpc) is 2.04. The third-order valence-electron chi connectivity index (χ3n) is 0.718.